The monoisotopic (exact) mass is 501 g/mol. The number of benzene rings is 1. The predicted octanol–water partition coefficient (Wildman–Crippen LogP) is 2.93. The van der Waals surface area contributed by atoms with E-state index in [1.54, 1.807) is 63.5 Å². The van der Waals surface area contributed by atoms with E-state index in [0.717, 1.165) is 0 Å². The summed E-state index contributed by atoms with van der Waals surface area (Å²) in [5.74, 6) is -0.631. The van der Waals surface area contributed by atoms with Crippen molar-refractivity contribution in [2.24, 2.45) is 0 Å². The maximum absolute atomic E-state index is 13.4. The van der Waals surface area contributed by atoms with E-state index >= 15 is 0 Å². The fourth-order valence-corrected chi connectivity index (χ4v) is 4.96. The molecule has 1 atom stereocenters. The van der Waals surface area contributed by atoms with Gasteiger partial charge in [0.15, 0.2) is 15.5 Å². The van der Waals surface area contributed by atoms with Gasteiger partial charge in [0.1, 0.15) is 5.56 Å². The average Bonchev–Trinajstić information content (AvgIpc) is 3.13. The first-order valence-electron chi connectivity index (χ1n) is 10.8. The van der Waals surface area contributed by atoms with Crippen molar-refractivity contribution in [2.75, 3.05) is 11.5 Å². The molecule has 0 unspecified atom stereocenters. The number of pyridine rings is 1. The second-order valence-electron chi connectivity index (χ2n) is 8.01. The summed E-state index contributed by atoms with van der Waals surface area (Å²) in [6.07, 6.45) is 3.28. The van der Waals surface area contributed by atoms with Gasteiger partial charge in [-0.2, -0.15) is 5.10 Å². The minimum absolute atomic E-state index is 0.0290. The number of sulfone groups is 1. The van der Waals surface area contributed by atoms with Gasteiger partial charge in [-0.15, -0.1) is 0 Å². The van der Waals surface area contributed by atoms with Crippen LogP contribution in [-0.2, 0) is 16.4 Å². The number of aromatic nitrogens is 4. The molecule has 178 valence electrons. The number of aryl methyl sites for hydroxylation is 1. The molecule has 9 nitrogen and oxygen atoms in total. The van der Waals surface area contributed by atoms with Gasteiger partial charge in [0.05, 0.1) is 27.9 Å². The van der Waals surface area contributed by atoms with E-state index in [1.807, 2.05) is 0 Å². The molecule has 1 amide bonds. The van der Waals surface area contributed by atoms with Crippen molar-refractivity contribution < 1.29 is 13.2 Å². The molecule has 1 N–H and O–H groups in total. The van der Waals surface area contributed by atoms with Crippen LogP contribution in [-0.4, -0.2) is 45.0 Å². The third-order valence-electron chi connectivity index (χ3n) is 5.77. The molecule has 4 aromatic rings. The first kappa shape index (κ1) is 23.9. The Hall–Kier alpha value is -3.24. The van der Waals surface area contributed by atoms with Gasteiger partial charge in [0.2, 0.25) is 0 Å². The van der Waals surface area contributed by atoms with Crippen LogP contribution in [0.15, 0.2) is 47.5 Å². The maximum atomic E-state index is 13.4. The van der Waals surface area contributed by atoms with Crippen molar-refractivity contribution in [3.05, 3.63) is 75.1 Å². The Bertz CT molecular complexity index is 1580. The molecule has 3 heterocycles. The molecule has 11 heteroatoms. The van der Waals surface area contributed by atoms with Gasteiger partial charge in [-0.3, -0.25) is 9.59 Å². The van der Waals surface area contributed by atoms with E-state index in [4.69, 9.17) is 11.6 Å². The van der Waals surface area contributed by atoms with Crippen molar-refractivity contribution in [2.45, 2.75) is 33.4 Å². The lowest BCUT2D eigenvalue weighted by atomic mass is 10.1. The largest absolute Gasteiger partial charge is 0.344 e. The molecule has 0 aliphatic carbocycles. The van der Waals surface area contributed by atoms with Crippen molar-refractivity contribution in [3.8, 4) is 0 Å². The molecular formula is C23H24ClN5O4S. The maximum Gasteiger partial charge on any atom is 0.260 e. The fourth-order valence-electron chi connectivity index (χ4n) is 3.95. The number of carbonyl (C=O) groups excluding carboxylic acids is 1. The topological polar surface area (TPSA) is 115 Å². The first-order chi connectivity index (χ1) is 16.1. The number of fused-ring (bicyclic) bond motifs is 2. The molecule has 0 spiro atoms. The zero-order valence-corrected chi connectivity index (χ0v) is 20.5. The molecule has 0 aliphatic heterocycles. The zero-order valence-electron chi connectivity index (χ0n) is 18.9. The molecule has 0 fully saturated rings. The number of amides is 1. The Balaban J connectivity index is 1.77. The zero-order chi connectivity index (χ0) is 24.6. The van der Waals surface area contributed by atoms with Gasteiger partial charge in [-0.05, 0) is 37.4 Å². The number of halogens is 1. The molecule has 0 saturated carbocycles. The number of hydrogen-bond donors (Lipinski definition) is 1. The van der Waals surface area contributed by atoms with Crippen molar-refractivity contribution >= 4 is 43.8 Å². The number of hydrogen-bond acceptors (Lipinski definition) is 6. The summed E-state index contributed by atoms with van der Waals surface area (Å²) in [5.41, 5.74) is 1.33. The van der Waals surface area contributed by atoms with E-state index in [9.17, 15) is 18.0 Å². The Morgan fingerprint density at radius 1 is 1.26 bits per heavy atom. The predicted molar refractivity (Wildman–Crippen MR) is 131 cm³/mol. The first-order valence-corrected chi connectivity index (χ1v) is 13.0. The highest BCUT2D eigenvalue weighted by molar-refractivity contribution is 7.91. The summed E-state index contributed by atoms with van der Waals surface area (Å²) < 4.78 is 27.2. The van der Waals surface area contributed by atoms with Gasteiger partial charge in [0.25, 0.3) is 11.5 Å². The summed E-state index contributed by atoms with van der Waals surface area (Å²) >= 11 is 6.29. The van der Waals surface area contributed by atoms with E-state index in [0.29, 0.717) is 33.4 Å². The molecular weight excluding hydrogens is 478 g/mol. The lowest BCUT2D eigenvalue weighted by Gasteiger charge is -2.21. The number of carbonyl (C=O) groups is 1. The summed E-state index contributed by atoms with van der Waals surface area (Å²) in [7, 11) is -3.33. The summed E-state index contributed by atoms with van der Waals surface area (Å²) in [5, 5.41) is 8.43. The van der Waals surface area contributed by atoms with Crippen LogP contribution in [0.25, 0.3) is 16.4 Å². The molecule has 4 rings (SSSR count). The fraction of sp³-hybridized carbons (Fsp3) is 0.304. The smallest absolute Gasteiger partial charge is 0.260 e. The third-order valence-corrected chi connectivity index (χ3v) is 7.77. The number of nitrogens with one attached hydrogen (secondary N) is 1. The summed E-state index contributed by atoms with van der Waals surface area (Å²) in [6.45, 7) is 4.97. The van der Waals surface area contributed by atoms with Crippen molar-refractivity contribution in [1.82, 2.24) is 24.5 Å². The van der Waals surface area contributed by atoms with Crippen molar-refractivity contribution in [1.29, 1.82) is 0 Å². The van der Waals surface area contributed by atoms with Gasteiger partial charge in [0, 0.05) is 30.4 Å². The van der Waals surface area contributed by atoms with Crippen molar-refractivity contribution in [3.63, 3.8) is 0 Å². The van der Waals surface area contributed by atoms with Crippen LogP contribution < -0.4 is 10.9 Å². The Kier molecular flexibility index (Phi) is 6.46. The van der Waals surface area contributed by atoms with E-state index in [2.05, 4.69) is 15.4 Å². The summed E-state index contributed by atoms with van der Waals surface area (Å²) in [4.78, 5) is 30.8. The Labute approximate surface area is 201 Å². The molecule has 1 aromatic carbocycles. The van der Waals surface area contributed by atoms with Crippen LogP contribution >= 0.6 is 11.6 Å². The molecule has 34 heavy (non-hydrogen) atoms. The normalized spacial score (nSPS) is 12.8. The second-order valence-corrected chi connectivity index (χ2v) is 10.9. The lowest BCUT2D eigenvalue weighted by molar-refractivity contribution is 0.0939. The highest BCUT2D eigenvalue weighted by Gasteiger charge is 2.23. The number of nitrogens with zero attached hydrogens (tertiary/aromatic N) is 4. The van der Waals surface area contributed by atoms with E-state index < -0.39 is 27.3 Å². The van der Waals surface area contributed by atoms with Crippen LogP contribution in [0.3, 0.4) is 0 Å². The van der Waals surface area contributed by atoms with Gasteiger partial charge >= 0.3 is 0 Å². The quantitative estimate of drug-likeness (QED) is 0.416. The van der Waals surface area contributed by atoms with E-state index in [-0.39, 0.29) is 23.1 Å². The van der Waals surface area contributed by atoms with Gasteiger partial charge < -0.3 is 9.88 Å². The standard InChI is InChI=1S/C23H24ClN5O4S/c1-4-34(32,33)12-11-28-18(13-16-7-5-8-17(24)20(16)23(28)31)14(2)26-22(30)19-15(3)27-29-10-6-9-25-21(19)29/h5-10,13-14H,4,11-12H2,1-3H3,(H,26,30)/t14-/m0/s1. The molecule has 0 aliphatic rings. The minimum Gasteiger partial charge on any atom is -0.344 e. The molecule has 3 aromatic heterocycles. The molecule has 0 radical (unpaired) electrons. The van der Waals surface area contributed by atoms with Gasteiger partial charge in [-0.25, -0.2) is 17.9 Å². The third kappa shape index (κ3) is 4.43. The van der Waals surface area contributed by atoms with Crippen LogP contribution in [0.4, 0.5) is 0 Å². The highest BCUT2D eigenvalue weighted by Crippen LogP contribution is 2.24. The van der Waals surface area contributed by atoms with Crippen LogP contribution in [0.5, 0.6) is 0 Å². The second kappa shape index (κ2) is 9.19. The molecule has 0 bridgehead atoms. The Morgan fingerprint density at radius 3 is 2.76 bits per heavy atom. The van der Waals surface area contributed by atoms with Crippen LogP contribution in [0.1, 0.15) is 41.6 Å². The molecule has 0 saturated heterocycles. The highest BCUT2D eigenvalue weighted by atomic mass is 35.5. The lowest BCUT2D eigenvalue weighted by Crippen LogP contribution is -2.34. The SMILES string of the molecule is CCS(=O)(=O)CCn1c([C@H](C)NC(=O)c2c(C)nn3cccnc23)cc2cccc(Cl)c2c1=O. The average molecular weight is 502 g/mol. The summed E-state index contributed by atoms with van der Waals surface area (Å²) in [6, 6.07) is 7.96. The van der Waals surface area contributed by atoms with E-state index in [1.165, 1.54) is 9.08 Å². The minimum atomic E-state index is -3.33. The van der Waals surface area contributed by atoms with Crippen LogP contribution in [0.2, 0.25) is 5.02 Å². The number of rotatable bonds is 7. The van der Waals surface area contributed by atoms with Gasteiger partial charge in [-0.1, -0.05) is 30.7 Å². The Morgan fingerprint density at radius 2 is 2.03 bits per heavy atom. The van der Waals surface area contributed by atoms with Crippen LogP contribution in [0, 0.1) is 6.92 Å².